The summed E-state index contributed by atoms with van der Waals surface area (Å²) in [4.78, 5) is 0. The summed E-state index contributed by atoms with van der Waals surface area (Å²) in [5.41, 5.74) is 4.90. The zero-order valence-corrected chi connectivity index (χ0v) is 11.9. The third-order valence-electron chi connectivity index (χ3n) is 2.98. The van der Waals surface area contributed by atoms with Gasteiger partial charge in [-0.05, 0) is 50.1 Å². The second-order valence-corrected chi connectivity index (χ2v) is 4.77. The van der Waals surface area contributed by atoms with Gasteiger partial charge < -0.3 is 10.1 Å². The molecule has 2 nitrogen and oxygen atoms in total. The van der Waals surface area contributed by atoms with Crippen LogP contribution in [0.25, 0.3) is 0 Å². The Hall–Kier alpha value is -1.96. The van der Waals surface area contributed by atoms with Crippen molar-refractivity contribution in [3.05, 3.63) is 59.2 Å². The average molecular weight is 255 g/mol. The van der Waals surface area contributed by atoms with Gasteiger partial charge in [0, 0.05) is 17.8 Å². The lowest BCUT2D eigenvalue weighted by Crippen LogP contribution is -2.03. The largest absolute Gasteiger partial charge is 0.494 e. The fourth-order valence-corrected chi connectivity index (χ4v) is 2.22. The van der Waals surface area contributed by atoms with Gasteiger partial charge in [-0.25, -0.2) is 0 Å². The van der Waals surface area contributed by atoms with E-state index in [0.29, 0.717) is 6.61 Å². The molecule has 2 aromatic carbocycles. The molecule has 0 aliphatic carbocycles. The van der Waals surface area contributed by atoms with Gasteiger partial charge in [-0.1, -0.05) is 24.3 Å². The number of ether oxygens (including phenoxy) is 1. The molecule has 100 valence electrons. The van der Waals surface area contributed by atoms with Gasteiger partial charge in [-0.2, -0.15) is 0 Å². The van der Waals surface area contributed by atoms with Crippen LogP contribution < -0.4 is 10.1 Å². The number of para-hydroxylation sites is 1. The van der Waals surface area contributed by atoms with Crippen LogP contribution >= 0.6 is 0 Å². The average Bonchev–Trinajstić information content (AvgIpc) is 2.37. The van der Waals surface area contributed by atoms with Crippen molar-refractivity contribution < 1.29 is 4.74 Å². The first-order valence-electron chi connectivity index (χ1n) is 6.72. The van der Waals surface area contributed by atoms with Gasteiger partial charge in [0.15, 0.2) is 0 Å². The number of nitrogens with one attached hydrogen (secondary N) is 1. The summed E-state index contributed by atoms with van der Waals surface area (Å²) in [6.45, 7) is 7.71. The maximum Gasteiger partial charge on any atom is 0.124 e. The molecule has 0 amide bonds. The van der Waals surface area contributed by atoms with Crippen molar-refractivity contribution in [2.24, 2.45) is 0 Å². The van der Waals surface area contributed by atoms with Gasteiger partial charge in [-0.15, -0.1) is 0 Å². The van der Waals surface area contributed by atoms with Crippen LogP contribution in [0.2, 0.25) is 0 Å². The quantitative estimate of drug-likeness (QED) is 0.859. The van der Waals surface area contributed by atoms with Crippen molar-refractivity contribution in [2.75, 3.05) is 11.9 Å². The van der Waals surface area contributed by atoms with Gasteiger partial charge in [0.25, 0.3) is 0 Å². The molecule has 0 fully saturated rings. The molecule has 0 saturated heterocycles. The second-order valence-electron chi connectivity index (χ2n) is 4.77. The highest BCUT2D eigenvalue weighted by molar-refractivity contribution is 5.49. The van der Waals surface area contributed by atoms with Crippen LogP contribution in [-0.4, -0.2) is 6.61 Å². The molecule has 0 unspecified atom stereocenters. The van der Waals surface area contributed by atoms with Crippen LogP contribution in [0, 0.1) is 13.8 Å². The van der Waals surface area contributed by atoms with Crippen molar-refractivity contribution in [1.29, 1.82) is 0 Å². The van der Waals surface area contributed by atoms with Crippen molar-refractivity contribution in [3.8, 4) is 5.75 Å². The Kier molecular flexibility index (Phi) is 4.45. The summed E-state index contributed by atoms with van der Waals surface area (Å²) in [5, 5.41) is 3.46. The molecular weight excluding hydrogens is 234 g/mol. The Balaban J connectivity index is 2.09. The van der Waals surface area contributed by atoms with Crippen LogP contribution in [0.3, 0.4) is 0 Å². The molecule has 0 radical (unpaired) electrons. The van der Waals surface area contributed by atoms with E-state index in [2.05, 4.69) is 43.4 Å². The molecule has 1 N–H and O–H groups in total. The standard InChI is InChI=1S/C17H21NO/c1-4-19-17-8-6-5-7-15(17)12-18-16-10-13(2)9-14(3)11-16/h5-11,18H,4,12H2,1-3H3. The molecule has 0 bridgehead atoms. The van der Waals surface area contributed by atoms with Crippen LogP contribution in [-0.2, 0) is 6.54 Å². The van der Waals surface area contributed by atoms with Gasteiger partial charge in [0.2, 0.25) is 0 Å². The molecular formula is C17H21NO. The van der Waals surface area contributed by atoms with Crippen LogP contribution in [0.1, 0.15) is 23.6 Å². The zero-order valence-electron chi connectivity index (χ0n) is 11.9. The molecule has 2 heteroatoms. The number of rotatable bonds is 5. The van der Waals surface area contributed by atoms with Crippen molar-refractivity contribution in [3.63, 3.8) is 0 Å². The number of anilines is 1. The number of benzene rings is 2. The summed E-state index contributed by atoms with van der Waals surface area (Å²) in [6, 6.07) is 14.7. The molecule has 2 aromatic rings. The predicted octanol–water partition coefficient (Wildman–Crippen LogP) is 4.31. The minimum atomic E-state index is 0.695. The molecule has 0 heterocycles. The zero-order chi connectivity index (χ0) is 13.7. The number of hydrogen-bond donors (Lipinski definition) is 1. The SMILES string of the molecule is CCOc1ccccc1CNc1cc(C)cc(C)c1. The Labute approximate surface area is 115 Å². The Morgan fingerprint density at radius 1 is 1.00 bits per heavy atom. The van der Waals surface area contributed by atoms with Gasteiger partial charge in [-0.3, -0.25) is 0 Å². The first-order valence-corrected chi connectivity index (χ1v) is 6.72. The normalized spacial score (nSPS) is 10.3. The van der Waals surface area contributed by atoms with Crippen LogP contribution in [0.4, 0.5) is 5.69 Å². The first-order chi connectivity index (χ1) is 9.19. The lowest BCUT2D eigenvalue weighted by molar-refractivity contribution is 0.337. The Morgan fingerprint density at radius 2 is 1.68 bits per heavy atom. The summed E-state index contributed by atoms with van der Waals surface area (Å²) in [5.74, 6) is 0.960. The summed E-state index contributed by atoms with van der Waals surface area (Å²) >= 11 is 0. The van der Waals surface area contributed by atoms with Crippen molar-refractivity contribution in [1.82, 2.24) is 0 Å². The minimum Gasteiger partial charge on any atom is -0.494 e. The third kappa shape index (κ3) is 3.75. The lowest BCUT2D eigenvalue weighted by atomic mass is 10.1. The number of hydrogen-bond acceptors (Lipinski definition) is 2. The lowest BCUT2D eigenvalue weighted by Gasteiger charge is -2.12. The maximum absolute atomic E-state index is 5.63. The summed E-state index contributed by atoms with van der Waals surface area (Å²) < 4.78 is 5.63. The van der Waals surface area contributed by atoms with E-state index in [9.17, 15) is 0 Å². The van der Waals surface area contributed by atoms with Crippen molar-refractivity contribution in [2.45, 2.75) is 27.3 Å². The van der Waals surface area contributed by atoms with Gasteiger partial charge in [0.1, 0.15) is 5.75 Å². The Bertz CT molecular complexity index is 528. The van der Waals surface area contributed by atoms with E-state index >= 15 is 0 Å². The maximum atomic E-state index is 5.63. The molecule has 0 atom stereocenters. The van der Waals surface area contributed by atoms with E-state index in [0.717, 1.165) is 18.0 Å². The highest BCUT2D eigenvalue weighted by Crippen LogP contribution is 2.20. The van der Waals surface area contributed by atoms with Crippen LogP contribution in [0.15, 0.2) is 42.5 Å². The second kappa shape index (κ2) is 6.28. The van der Waals surface area contributed by atoms with E-state index in [1.165, 1.54) is 16.7 Å². The fraction of sp³-hybridized carbons (Fsp3) is 0.294. The van der Waals surface area contributed by atoms with E-state index < -0.39 is 0 Å². The topological polar surface area (TPSA) is 21.3 Å². The summed E-state index contributed by atoms with van der Waals surface area (Å²) in [7, 11) is 0. The minimum absolute atomic E-state index is 0.695. The molecule has 19 heavy (non-hydrogen) atoms. The smallest absolute Gasteiger partial charge is 0.124 e. The highest BCUT2D eigenvalue weighted by Gasteiger charge is 2.02. The van der Waals surface area contributed by atoms with E-state index in [1.54, 1.807) is 0 Å². The molecule has 0 aromatic heterocycles. The number of aryl methyl sites for hydroxylation is 2. The van der Waals surface area contributed by atoms with Crippen LogP contribution in [0.5, 0.6) is 5.75 Å². The third-order valence-corrected chi connectivity index (χ3v) is 2.98. The molecule has 0 aliphatic rings. The summed E-state index contributed by atoms with van der Waals surface area (Å²) in [6.07, 6.45) is 0. The van der Waals surface area contributed by atoms with E-state index in [-0.39, 0.29) is 0 Å². The Morgan fingerprint density at radius 3 is 2.37 bits per heavy atom. The highest BCUT2D eigenvalue weighted by atomic mass is 16.5. The van der Waals surface area contributed by atoms with E-state index in [1.807, 2.05) is 25.1 Å². The van der Waals surface area contributed by atoms with Crippen molar-refractivity contribution >= 4 is 5.69 Å². The molecule has 2 rings (SSSR count). The fourth-order valence-electron chi connectivity index (χ4n) is 2.22. The predicted molar refractivity (Wildman–Crippen MR) is 80.9 cm³/mol. The van der Waals surface area contributed by atoms with E-state index in [4.69, 9.17) is 4.74 Å². The van der Waals surface area contributed by atoms with Gasteiger partial charge in [0.05, 0.1) is 6.61 Å². The monoisotopic (exact) mass is 255 g/mol. The first kappa shape index (κ1) is 13.5. The molecule has 0 spiro atoms. The molecule has 0 aliphatic heterocycles. The molecule has 0 saturated carbocycles. The van der Waals surface area contributed by atoms with Gasteiger partial charge >= 0.3 is 0 Å².